The van der Waals surface area contributed by atoms with Crippen molar-refractivity contribution in [1.29, 1.82) is 0 Å². The van der Waals surface area contributed by atoms with Crippen LogP contribution in [0.3, 0.4) is 0 Å². The molecule has 0 aliphatic carbocycles. The Morgan fingerprint density at radius 3 is 2.07 bits per heavy atom. The van der Waals surface area contributed by atoms with E-state index in [1.54, 1.807) is 14.2 Å². The van der Waals surface area contributed by atoms with Crippen LogP contribution in [0.25, 0.3) is 0 Å². The van der Waals surface area contributed by atoms with Gasteiger partial charge in [0.15, 0.2) is 0 Å². The molecule has 1 aromatic rings. The first-order chi connectivity index (χ1) is 6.74. The molecule has 1 aromatic carbocycles. The van der Waals surface area contributed by atoms with Crippen LogP contribution in [0.1, 0.15) is 11.6 Å². The Morgan fingerprint density at radius 1 is 1.21 bits per heavy atom. The maximum atomic E-state index is 5.86. The van der Waals surface area contributed by atoms with Crippen molar-refractivity contribution in [1.82, 2.24) is 0 Å². The molecule has 0 radical (unpaired) electrons. The molecule has 0 fully saturated rings. The summed E-state index contributed by atoms with van der Waals surface area (Å²) in [6.45, 7) is 0.358. The van der Waals surface area contributed by atoms with Crippen molar-refractivity contribution in [3.05, 3.63) is 23.8 Å². The highest BCUT2D eigenvalue weighted by molar-refractivity contribution is 5.46. The minimum Gasteiger partial charge on any atom is -0.496 e. The number of ether oxygens (including phenoxy) is 2. The van der Waals surface area contributed by atoms with Crippen molar-refractivity contribution in [3.63, 3.8) is 0 Å². The molecule has 0 saturated carbocycles. The van der Waals surface area contributed by atoms with Crippen molar-refractivity contribution < 1.29 is 9.47 Å². The van der Waals surface area contributed by atoms with Crippen molar-refractivity contribution >= 4 is 0 Å². The van der Waals surface area contributed by atoms with E-state index in [1.807, 2.05) is 18.2 Å². The summed E-state index contributed by atoms with van der Waals surface area (Å²) in [5.41, 5.74) is 12.2. The number of benzene rings is 1. The van der Waals surface area contributed by atoms with E-state index in [1.165, 1.54) is 0 Å². The van der Waals surface area contributed by atoms with Gasteiger partial charge in [0.05, 0.1) is 19.8 Å². The Bertz CT molecular complexity index is 280. The Kier molecular flexibility index (Phi) is 3.73. The maximum absolute atomic E-state index is 5.86. The fraction of sp³-hybridized carbons (Fsp3) is 0.400. The third-order valence-corrected chi connectivity index (χ3v) is 2.09. The number of nitrogens with two attached hydrogens (primary N) is 2. The van der Waals surface area contributed by atoms with Crippen LogP contribution in [0, 0.1) is 0 Å². The maximum Gasteiger partial charge on any atom is 0.127 e. The number of methoxy groups -OCH3 is 2. The molecule has 0 aliphatic rings. The summed E-state index contributed by atoms with van der Waals surface area (Å²) in [7, 11) is 3.20. The van der Waals surface area contributed by atoms with Gasteiger partial charge in [-0.15, -0.1) is 0 Å². The summed E-state index contributed by atoms with van der Waals surface area (Å²) in [5.74, 6) is 1.42. The van der Waals surface area contributed by atoms with Crippen LogP contribution in [0.15, 0.2) is 18.2 Å². The zero-order valence-electron chi connectivity index (χ0n) is 8.49. The van der Waals surface area contributed by atoms with Gasteiger partial charge in [-0.2, -0.15) is 0 Å². The Hall–Kier alpha value is -1.26. The second-order valence-corrected chi connectivity index (χ2v) is 2.92. The van der Waals surface area contributed by atoms with Crippen LogP contribution in [-0.2, 0) is 0 Å². The van der Waals surface area contributed by atoms with Crippen LogP contribution in [0.5, 0.6) is 11.5 Å². The number of hydrogen-bond acceptors (Lipinski definition) is 4. The highest BCUT2D eigenvalue weighted by Gasteiger charge is 2.15. The van der Waals surface area contributed by atoms with Crippen molar-refractivity contribution in [2.75, 3.05) is 20.8 Å². The number of hydrogen-bond donors (Lipinski definition) is 2. The average molecular weight is 196 g/mol. The molecule has 0 heterocycles. The van der Waals surface area contributed by atoms with E-state index in [9.17, 15) is 0 Å². The second kappa shape index (κ2) is 4.83. The summed E-state index contributed by atoms with van der Waals surface area (Å²) >= 11 is 0. The van der Waals surface area contributed by atoms with Gasteiger partial charge in [-0.1, -0.05) is 6.07 Å². The molecule has 1 rings (SSSR count). The van der Waals surface area contributed by atoms with Gasteiger partial charge in [-0.05, 0) is 12.1 Å². The van der Waals surface area contributed by atoms with E-state index in [0.717, 1.165) is 5.56 Å². The summed E-state index contributed by atoms with van der Waals surface area (Å²) in [5, 5.41) is 0. The fourth-order valence-electron chi connectivity index (χ4n) is 1.36. The van der Waals surface area contributed by atoms with Crippen LogP contribution in [0.2, 0.25) is 0 Å². The highest BCUT2D eigenvalue weighted by Crippen LogP contribution is 2.32. The minimum absolute atomic E-state index is 0.263. The SMILES string of the molecule is COc1cccc(OC)c1[C@@H](N)CN. The van der Waals surface area contributed by atoms with Crippen LogP contribution < -0.4 is 20.9 Å². The Morgan fingerprint density at radius 2 is 1.71 bits per heavy atom. The summed E-state index contributed by atoms with van der Waals surface area (Å²) in [6, 6.07) is 5.27. The largest absolute Gasteiger partial charge is 0.496 e. The zero-order valence-corrected chi connectivity index (χ0v) is 8.49. The van der Waals surface area contributed by atoms with Gasteiger partial charge in [-0.3, -0.25) is 0 Å². The second-order valence-electron chi connectivity index (χ2n) is 2.92. The lowest BCUT2D eigenvalue weighted by Crippen LogP contribution is -2.22. The monoisotopic (exact) mass is 196 g/mol. The standard InChI is InChI=1S/C10H16N2O2/c1-13-8-4-3-5-9(14-2)10(8)7(12)6-11/h3-5,7H,6,11-12H2,1-2H3/t7-/m0/s1. The molecule has 0 bridgehead atoms. The lowest BCUT2D eigenvalue weighted by molar-refractivity contribution is 0.379. The average Bonchev–Trinajstić information content (AvgIpc) is 2.26. The molecule has 4 N–H and O–H groups in total. The normalized spacial score (nSPS) is 12.3. The molecular formula is C10H16N2O2. The minimum atomic E-state index is -0.263. The smallest absolute Gasteiger partial charge is 0.127 e. The van der Waals surface area contributed by atoms with E-state index < -0.39 is 0 Å². The van der Waals surface area contributed by atoms with Gasteiger partial charge in [0.25, 0.3) is 0 Å². The van der Waals surface area contributed by atoms with Gasteiger partial charge in [0.2, 0.25) is 0 Å². The molecule has 1 atom stereocenters. The first kappa shape index (κ1) is 10.8. The number of rotatable bonds is 4. The molecule has 14 heavy (non-hydrogen) atoms. The van der Waals surface area contributed by atoms with Crippen molar-refractivity contribution in [2.24, 2.45) is 11.5 Å². The molecule has 0 saturated heterocycles. The van der Waals surface area contributed by atoms with E-state index in [-0.39, 0.29) is 6.04 Å². The lowest BCUT2D eigenvalue weighted by Gasteiger charge is -2.17. The van der Waals surface area contributed by atoms with E-state index in [0.29, 0.717) is 18.0 Å². The molecule has 0 unspecified atom stereocenters. The lowest BCUT2D eigenvalue weighted by atomic mass is 10.1. The summed E-state index contributed by atoms with van der Waals surface area (Å²) in [4.78, 5) is 0. The van der Waals surface area contributed by atoms with Crippen molar-refractivity contribution in [2.45, 2.75) is 6.04 Å². The van der Waals surface area contributed by atoms with E-state index >= 15 is 0 Å². The van der Waals surface area contributed by atoms with Crippen LogP contribution >= 0.6 is 0 Å². The fourth-order valence-corrected chi connectivity index (χ4v) is 1.36. The predicted octanol–water partition coefficient (Wildman–Crippen LogP) is 0.662. The molecule has 4 heteroatoms. The summed E-state index contributed by atoms with van der Waals surface area (Å²) in [6.07, 6.45) is 0. The van der Waals surface area contributed by atoms with Gasteiger partial charge in [0.1, 0.15) is 11.5 Å². The highest BCUT2D eigenvalue weighted by atomic mass is 16.5. The van der Waals surface area contributed by atoms with Crippen LogP contribution in [-0.4, -0.2) is 20.8 Å². The third kappa shape index (κ3) is 1.97. The van der Waals surface area contributed by atoms with Gasteiger partial charge >= 0.3 is 0 Å². The van der Waals surface area contributed by atoms with E-state index in [2.05, 4.69) is 0 Å². The Labute approximate surface area is 83.8 Å². The van der Waals surface area contributed by atoms with Crippen LogP contribution in [0.4, 0.5) is 0 Å². The first-order valence-electron chi connectivity index (χ1n) is 4.41. The Balaban J connectivity index is 3.18. The van der Waals surface area contributed by atoms with Gasteiger partial charge in [-0.25, -0.2) is 0 Å². The molecule has 78 valence electrons. The first-order valence-corrected chi connectivity index (χ1v) is 4.41. The topological polar surface area (TPSA) is 70.5 Å². The summed E-state index contributed by atoms with van der Waals surface area (Å²) < 4.78 is 10.4. The van der Waals surface area contributed by atoms with Gasteiger partial charge in [0, 0.05) is 12.6 Å². The molecule has 0 amide bonds. The van der Waals surface area contributed by atoms with Gasteiger partial charge < -0.3 is 20.9 Å². The predicted molar refractivity (Wildman–Crippen MR) is 55.5 cm³/mol. The zero-order chi connectivity index (χ0) is 10.6. The molecule has 0 aliphatic heterocycles. The third-order valence-electron chi connectivity index (χ3n) is 2.09. The quantitative estimate of drug-likeness (QED) is 0.742. The molecule has 0 aromatic heterocycles. The van der Waals surface area contributed by atoms with E-state index in [4.69, 9.17) is 20.9 Å². The molecule has 4 nitrogen and oxygen atoms in total. The van der Waals surface area contributed by atoms with Crippen molar-refractivity contribution in [3.8, 4) is 11.5 Å². The molecule has 0 spiro atoms. The molecular weight excluding hydrogens is 180 g/mol.